The molecule has 0 aliphatic carbocycles. The third-order valence-corrected chi connectivity index (χ3v) is 4.26. The van der Waals surface area contributed by atoms with Crippen LogP contribution in [0, 0.1) is 0 Å². The molecule has 1 aliphatic rings. The van der Waals surface area contributed by atoms with Crippen molar-refractivity contribution in [1.29, 1.82) is 0 Å². The number of aromatic nitrogens is 1. The third kappa shape index (κ3) is 2.59. The zero-order valence-corrected chi connectivity index (χ0v) is 12.2. The standard InChI is InChI=1S/C14H14BrF3N2/c15-8-3-4-12-10(6-8)11(7-9-2-1-5-19-9)13(20-12)14(16,17)18/h3-4,6,9,19-20H,1-2,5,7H2. The monoisotopic (exact) mass is 346 g/mol. The van der Waals surface area contributed by atoms with Crippen LogP contribution in [0.1, 0.15) is 24.1 Å². The van der Waals surface area contributed by atoms with Gasteiger partial charge in [0.15, 0.2) is 0 Å². The van der Waals surface area contributed by atoms with Crippen molar-refractivity contribution >= 4 is 26.8 Å². The predicted octanol–water partition coefficient (Wildman–Crippen LogP) is 4.24. The van der Waals surface area contributed by atoms with Gasteiger partial charge in [0.1, 0.15) is 5.69 Å². The molecule has 0 saturated carbocycles. The lowest BCUT2D eigenvalue weighted by atomic mass is 10.0. The van der Waals surface area contributed by atoms with Crippen molar-refractivity contribution in [3.8, 4) is 0 Å². The van der Waals surface area contributed by atoms with Crippen LogP contribution in [0.3, 0.4) is 0 Å². The molecule has 0 spiro atoms. The number of hydrogen-bond acceptors (Lipinski definition) is 1. The van der Waals surface area contributed by atoms with Crippen LogP contribution in [0.25, 0.3) is 10.9 Å². The van der Waals surface area contributed by atoms with E-state index in [0.29, 0.717) is 22.9 Å². The maximum atomic E-state index is 13.2. The lowest BCUT2D eigenvalue weighted by molar-refractivity contribution is -0.141. The van der Waals surface area contributed by atoms with Gasteiger partial charge in [-0.1, -0.05) is 15.9 Å². The van der Waals surface area contributed by atoms with E-state index in [4.69, 9.17) is 0 Å². The normalized spacial score (nSPS) is 19.9. The van der Waals surface area contributed by atoms with Crippen LogP contribution in [0.4, 0.5) is 13.2 Å². The summed E-state index contributed by atoms with van der Waals surface area (Å²) < 4.78 is 40.4. The first-order valence-corrected chi connectivity index (χ1v) is 7.35. The van der Waals surface area contributed by atoms with Gasteiger partial charge in [0.2, 0.25) is 0 Å². The number of alkyl halides is 3. The number of aromatic amines is 1. The maximum absolute atomic E-state index is 13.2. The molecule has 2 nitrogen and oxygen atoms in total. The molecular formula is C14H14BrF3N2. The molecule has 2 N–H and O–H groups in total. The van der Waals surface area contributed by atoms with Crippen molar-refractivity contribution < 1.29 is 13.2 Å². The lowest BCUT2D eigenvalue weighted by Gasteiger charge is -2.13. The lowest BCUT2D eigenvalue weighted by Crippen LogP contribution is -2.24. The van der Waals surface area contributed by atoms with Gasteiger partial charge in [-0.15, -0.1) is 0 Å². The van der Waals surface area contributed by atoms with E-state index in [9.17, 15) is 13.2 Å². The molecule has 1 saturated heterocycles. The molecule has 1 unspecified atom stereocenters. The molecule has 108 valence electrons. The van der Waals surface area contributed by atoms with Gasteiger partial charge in [0, 0.05) is 21.4 Å². The fraction of sp³-hybridized carbons (Fsp3) is 0.429. The van der Waals surface area contributed by atoms with E-state index in [1.807, 2.05) is 0 Å². The van der Waals surface area contributed by atoms with Crippen molar-refractivity contribution in [3.63, 3.8) is 0 Å². The maximum Gasteiger partial charge on any atom is 0.431 e. The van der Waals surface area contributed by atoms with E-state index in [2.05, 4.69) is 26.2 Å². The van der Waals surface area contributed by atoms with Crippen molar-refractivity contribution in [2.45, 2.75) is 31.5 Å². The average Bonchev–Trinajstić information content (AvgIpc) is 2.97. The van der Waals surface area contributed by atoms with E-state index in [-0.39, 0.29) is 6.04 Å². The van der Waals surface area contributed by atoms with Gasteiger partial charge in [-0.05, 0) is 49.6 Å². The minimum absolute atomic E-state index is 0.133. The van der Waals surface area contributed by atoms with Gasteiger partial charge in [0.05, 0.1) is 0 Å². The fourth-order valence-corrected chi connectivity index (χ4v) is 3.21. The van der Waals surface area contributed by atoms with Gasteiger partial charge < -0.3 is 10.3 Å². The summed E-state index contributed by atoms with van der Waals surface area (Å²) in [6, 6.07) is 5.32. The van der Waals surface area contributed by atoms with Gasteiger partial charge >= 0.3 is 6.18 Å². The molecule has 2 heterocycles. The van der Waals surface area contributed by atoms with Gasteiger partial charge in [-0.3, -0.25) is 0 Å². The predicted molar refractivity (Wildman–Crippen MR) is 75.7 cm³/mol. The minimum Gasteiger partial charge on any atom is -0.351 e. The molecule has 1 aliphatic heterocycles. The second-order valence-corrected chi connectivity index (χ2v) is 6.08. The van der Waals surface area contributed by atoms with E-state index >= 15 is 0 Å². The van der Waals surface area contributed by atoms with Crippen molar-refractivity contribution in [1.82, 2.24) is 10.3 Å². The topological polar surface area (TPSA) is 27.8 Å². The number of halogens is 4. The summed E-state index contributed by atoms with van der Waals surface area (Å²) in [5.74, 6) is 0. The number of H-pyrrole nitrogens is 1. The Labute approximate surface area is 122 Å². The third-order valence-electron chi connectivity index (χ3n) is 3.76. The van der Waals surface area contributed by atoms with Gasteiger partial charge in [-0.2, -0.15) is 13.2 Å². The Kier molecular flexibility index (Phi) is 3.54. The summed E-state index contributed by atoms with van der Waals surface area (Å²) in [6.07, 6.45) is -1.99. The van der Waals surface area contributed by atoms with Crippen LogP contribution < -0.4 is 5.32 Å². The van der Waals surface area contributed by atoms with Crippen LogP contribution in [-0.2, 0) is 12.6 Å². The molecule has 1 fully saturated rings. The smallest absolute Gasteiger partial charge is 0.351 e. The summed E-state index contributed by atoms with van der Waals surface area (Å²) in [6.45, 7) is 0.887. The van der Waals surface area contributed by atoms with E-state index in [1.54, 1.807) is 18.2 Å². The molecule has 1 aromatic heterocycles. The Morgan fingerprint density at radius 1 is 1.30 bits per heavy atom. The SMILES string of the molecule is FC(F)(F)c1[nH]c2ccc(Br)cc2c1CC1CCCN1. The summed E-state index contributed by atoms with van der Waals surface area (Å²) in [7, 11) is 0. The summed E-state index contributed by atoms with van der Waals surface area (Å²) >= 11 is 3.33. The molecule has 0 bridgehead atoms. The highest BCUT2D eigenvalue weighted by Gasteiger charge is 2.37. The molecule has 6 heteroatoms. The highest BCUT2D eigenvalue weighted by Crippen LogP contribution is 2.37. The average molecular weight is 347 g/mol. The van der Waals surface area contributed by atoms with E-state index < -0.39 is 11.9 Å². The van der Waals surface area contributed by atoms with Crippen LogP contribution in [-0.4, -0.2) is 17.6 Å². The van der Waals surface area contributed by atoms with E-state index in [0.717, 1.165) is 23.9 Å². The van der Waals surface area contributed by atoms with Gasteiger partial charge in [0.25, 0.3) is 0 Å². The first-order chi connectivity index (χ1) is 9.45. The molecule has 0 radical (unpaired) electrons. The highest BCUT2D eigenvalue weighted by molar-refractivity contribution is 9.10. The largest absolute Gasteiger partial charge is 0.431 e. The minimum atomic E-state index is -4.35. The molecule has 2 aromatic rings. The number of rotatable bonds is 2. The first-order valence-electron chi connectivity index (χ1n) is 6.56. The van der Waals surface area contributed by atoms with Crippen molar-refractivity contribution in [2.24, 2.45) is 0 Å². The van der Waals surface area contributed by atoms with Crippen molar-refractivity contribution in [2.75, 3.05) is 6.54 Å². The molecular weight excluding hydrogens is 333 g/mol. The quantitative estimate of drug-likeness (QED) is 0.836. The van der Waals surface area contributed by atoms with Gasteiger partial charge in [-0.25, -0.2) is 0 Å². The number of fused-ring (bicyclic) bond motifs is 1. The Morgan fingerprint density at radius 3 is 2.75 bits per heavy atom. The number of nitrogens with one attached hydrogen (secondary N) is 2. The number of benzene rings is 1. The molecule has 1 atom stereocenters. The number of hydrogen-bond donors (Lipinski definition) is 2. The molecule has 20 heavy (non-hydrogen) atoms. The Morgan fingerprint density at radius 2 is 2.10 bits per heavy atom. The van der Waals surface area contributed by atoms with E-state index in [1.165, 1.54) is 0 Å². The summed E-state index contributed by atoms with van der Waals surface area (Å²) in [5.41, 5.74) is 0.293. The van der Waals surface area contributed by atoms with Crippen LogP contribution in [0.2, 0.25) is 0 Å². The fourth-order valence-electron chi connectivity index (χ4n) is 2.85. The molecule has 0 amide bonds. The molecule has 1 aromatic carbocycles. The van der Waals surface area contributed by atoms with Crippen LogP contribution in [0.5, 0.6) is 0 Å². The van der Waals surface area contributed by atoms with Crippen LogP contribution >= 0.6 is 15.9 Å². The Bertz CT molecular complexity index is 627. The zero-order valence-electron chi connectivity index (χ0n) is 10.6. The highest BCUT2D eigenvalue weighted by atomic mass is 79.9. The molecule has 3 rings (SSSR count). The second kappa shape index (κ2) is 5.07. The van der Waals surface area contributed by atoms with Crippen molar-refractivity contribution in [3.05, 3.63) is 33.9 Å². The van der Waals surface area contributed by atoms with Crippen LogP contribution in [0.15, 0.2) is 22.7 Å². The summed E-state index contributed by atoms with van der Waals surface area (Å²) in [4.78, 5) is 2.53. The zero-order chi connectivity index (χ0) is 14.3. The Balaban J connectivity index is 2.11. The Hall–Kier alpha value is -1.01. The first kappa shape index (κ1) is 13.9. The summed E-state index contributed by atoms with van der Waals surface area (Å²) in [5, 5.41) is 3.91. The second-order valence-electron chi connectivity index (χ2n) is 5.16.